The first-order valence-electron chi connectivity index (χ1n) is 6.05. The molecular formula is C13H16ClN3OS. The van der Waals surface area contributed by atoms with Crippen LogP contribution < -0.4 is 5.32 Å². The first kappa shape index (κ1) is 14.4. The van der Waals surface area contributed by atoms with Crippen molar-refractivity contribution in [1.82, 2.24) is 15.5 Å². The van der Waals surface area contributed by atoms with Crippen molar-refractivity contribution in [2.45, 2.75) is 43.5 Å². The molecule has 1 aromatic heterocycles. The molecule has 0 radical (unpaired) electrons. The van der Waals surface area contributed by atoms with E-state index in [-0.39, 0.29) is 0 Å². The Morgan fingerprint density at radius 3 is 2.79 bits per heavy atom. The normalized spacial score (nSPS) is 11.2. The minimum atomic E-state index is 0.403. The Balaban J connectivity index is 2.21. The number of halogens is 1. The number of benzene rings is 1. The second-order valence-corrected chi connectivity index (χ2v) is 5.84. The SMILES string of the molecule is Cc1nnc(Sc2cccc(Cl)c2CNC(C)C)o1. The molecule has 2 rings (SSSR count). The highest BCUT2D eigenvalue weighted by atomic mass is 35.5. The second kappa shape index (κ2) is 6.41. The van der Waals surface area contributed by atoms with E-state index in [9.17, 15) is 0 Å². The largest absolute Gasteiger partial charge is 0.416 e. The van der Waals surface area contributed by atoms with Gasteiger partial charge in [0.25, 0.3) is 5.22 Å². The summed E-state index contributed by atoms with van der Waals surface area (Å²) >= 11 is 7.70. The van der Waals surface area contributed by atoms with Gasteiger partial charge in [0.2, 0.25) is 5.89 Å². The lowest BCUT2D eigenvalue weighted by Gasteiger charge is -2.12. The number of aryl methyl sites for hydroxylation is 1. The summed E-state index contributed by atoms with van der Waals surface area (Å²) in [5.41, 5.74) is 1.05. The lowest BCUT2D eigenvalue weighted by atomic mass is 10.2. The molecule has 0 fully saturated rings. The maximum atomic E-state index is 6.26. The maximum absolute atomic E-state index is 6.26. The molecule has 0 spiro atoms. The van der Waals surface area contributed by atoms with Crippen molar-refractivity contribution in [1.29, 1.82) is 0 Å². The number of aromatic nitrogens is 2. The molecular weight excluding hydrogens is 282 g/mol. The molecule has 1 aromatic carbocycles. The fourth-order valence-electron chi connectivity index (χ4n) is 1.53. The fourth-order valence-corrected chi connectivity index (χ4v) is 2.71. The van der Waals surface area contributed by atoms with E-state index in [1.54, 1.807) is 6.92 Å². The predicted molar refractivity (Wildman–Crippen MR) is 76.6 cm³/mol. The summed E-state index contributed by atoms with van der Waals surface area (Å²) in [5.74, 6) is 0.561. The highest BCUT2D eigenvalue weighted by molar-refractivity contribution is 7.99. The molecule has 0 aliphatic heterocycles. The Morgan fingerprint density at radius 2 is 2.16 bits per heavy atom. The summed E-state index contributed by atoms with van der Waals surface area (Å²) < 4.78 is 5.39. The van der Waals surface area contributed by atoms with E-state index in [2.05, 4.69) is 29.4 Å². The first-order chi connectivity index (χ1) is 9.06. The summed E-state index contributed by atoms with van der Waals surface area (Å²) in [4.78, 5) is 1.03. The zero-order valence-electron chi connectivity index (χ0n) is 11.1. The van der Waals surface area contributed by atoms with Crippen LogP contribution in [0.2, 0.25) is 5.02 Å². The summed E-state index contributed by atoms with van der Waals surface area (Å²) in [5, 5.41) is 12.5. The second-order valence-electron chi connectivity index (χ2n) is 4.44. The summed E-state index contributed by atoms with van der Waals surface area (Å²) in [6, 6.07) is 6.22. The predicted octanol–water partition coefficient (Wildman–Crippen LogP) is 3.68. The van der Waals surface area contributed by atoms with E-state index in [0.717, 1.165) is 15.5 Å². The third-order valence-corrected chi connectivity index (χ3v) is 3.76. The number of hydrogen-bond donors (Lipinski definition) is 1. The van der Waals surface area contributed by atoms with E-state index < -0.39 is 0 Å². The number of rotatable bonds is 5. The van der Waals surface area contributed by atoms with E-state index in [0.29, 0.717) is 23.7 Å². The molecule has 0 amide bonds. The molecule has 0 aliphatic rings. The van der Waals surface area contributed by atoms with Crippen molar-refractivity contribution in [3.63, 3.8) is 0 Å². The highest BCUT2D eigenvalue weighted by Gasteiger charge is 2.12. The van der Waals surface area contributed by atoms with Crippen molar-refractivity contribution in [2.75, 3.05) is 0 Å². The molecule has 0 saturated heterocycles. The van der Waals surface area contributed by atoms with Crippen LogP contribution in [0.3, 0.4) is 0 Å². The van der Waals surface area contributed by atoms with Gasteiger partial charge in [-0.25, -0.2) is 0 Å². The van der Waals surface area contributed by atoms with Crippen LogP contribution in [0.15, 0.2) is 32.7 Å². The molecule has 102 valence electrons. The van der Waals surface area contributed by atoms with E-state index in [1.165, 1.54) is 11.8 Å². The van der Waals surface area contributed by atoms with Gasteiger partial charge in [0.05, 0.1) is 0 Å². The smallest absolute Gasteiger partial charge is 0.281 e. The first-order valence-corrected chi connectivity index (χ1v) is 7.24. The number of nitrogens with zero attached hydrogens (tertiary/aromatic N) is 2. The molecule has 2 aromatic rings. The van der Waals surface area contributed by atoms with Crippen molar-refractivity contribution in [3.8, 4) is 0 Å². The molecule has 19 heavy (non-hydrogen) atoms. The molecule has 6 heteroatoms. The summed E-state index contributed by atoms with van der Waals surface area (Å²) in [6.45, 7) is 6.69. The van der Waals surface area contributed by atoms with Crippen LogP contribution in [0.5, 0.6) is 0 Å². The van der Waals surface area contributed by atoms with Crippen molar-refractivity contribution >= 4 is 23.4 Å². The third-order valence-electron chi connectivity index (χ3n) is 2.47. The van der Waals surface area contributed by atoms with Gasteiger partial charge in [-0.2, -0.15) is 0 Å². The average molecular weight is 298 g/mol. The average Bonchev–Trinajstić information content (AvgIpc) is 2.74. The zero-order chi connectivity index (χ0) is 13.8. The van der Waals surface area contributed by atoms with Crippen molar-refractivity contribution in [3.05, 3.63) is 34.7 Å². The van der Waals surface area contributed by atoms with Crippen LogP contribution in [0, 0.1) is 6.92 Å². The van der Waals surface area contributed by atoms with Gasteiger partial charge in [0.15, 0.2) is 0 Å². The van der Waals surface area contributed by atoms with Gasteiger partial charge in [-0.15, -0.1) is 10.2 Å². The van der Waals surface area contributed by atoms with Gasteiger partial charge in [0, 0.05) is 29.4 Å². The number of hydrogen-bond acceptors (Lipinski definition) is 5. The Hall–Kier alpha value is -1.04. The molecule has 0 saturated carbocycles. The van der Waals surface area contributed by atoms with Gasteiger partial charge in [-0.05, 0) is 29.5 Å². The van der Waals surface area contributed by atoms with Crippen LogP contribution in [0.4, 0.5) is 0 Å². The summed E-state index contributed by atoms with van der Waals surface area (Å²) in [7, 11) is 0. The molecule has 1 heterocycles. The molecule has 0 bridgehead atoms. The monoisotopic (exact) mass is 297 g/mol. The van der Waals surface area contributed by atoms with Gasteiger partial charge >= 0.3 is 0 Å². The van der Waals surface area contributed by atoms with Gasteiger partial charge in [0.1, 0.15) is 0 Å². The van der Waals surface area contributed by atoms with Crippen molar-refractivity contribution < 1.29 is 4.42 Å². The fraction of sp³-hybridized carbons (Fsp3) is 0.385. The lowest BCUT2D eigenvalue weighted by molar-refractivity contribution is 0.429. The Labute approximate surface area is 121 Å². The minimum Gasteiger partial charge on any atom is -0.416 e. The third kappa shape index (κ3) is 3.96. The summed E-state index contributed by atoms with van der Waals surface area (Å²) in [6.07, 6.45) is 0. The van der Waals surface area contributed by atoms with Crippen LogP contribution >= 0.6 is 23.4 Å². The Morgan fingerprint density at radius 1 is 1.37 bits per heavy atom. The molecule has 0 aliphatic carbocycles. The maximum Gasteiger partial charge on any atom is 0.281 e. The van der Waals surface area contributed by atoms with E-state index in [1.807, 2.05) is 18.2 Å². The quantitative estimate of drug-likeness (QED) is 0.912. The molecule has 1 N–H and O–H groups in total. The van der Waals surface area contributed by atoms with E-state index in [4.69, 9.17) is 16.0 Å². The number of nitrogens with one attached hydrogen (secondary N) is 1. The lowest BCUT2D eigenvalue weighted by Crippen LogP contribution is -2.22. The van der Waals surface area contributed by atoms with Crippen molar-refractivity contribution in [2.24, 2.45) is 0 Å². The van der Waals surface area contributed by atoms with Crippen LogP contribution in [0.25, 0.3) is 0 Å². The Kier molecular flexibility index (Phi) is 4.85. The van der Waals surface area contributed by atoms with Crippen LogP contribution in [-0.2, 0) is 6.54 Å². The van der Waals surface area contributed by atoms with Gasteiger partial charge in [-0.3, -0.25) is 0 Å². The Bertz CT molecular complexity index is 557. The van der Waals surface area contributed by atoms with Gasteiger partial charge in [-0.1, -0.05) is 31.5 Å². The standard InChI is InChI=1S/C13H16ClN3OS/c1-8(2)15-7-10-11(14)5-4-6-12(10)19-13-17-16-9(3)18-13/h4-6,8,15H,7H2,1-3H3. The zero-order valence-corrected chi connectivity index (χ0v) is 12.7. The van der Waals surface area contributed by atoms with Crippen LogP contribution in [-0.4, -0.2) is 16.2 Å². The molecule has 0 unspecified atom stereocenters. The van der Waals surface area contributed by atoms with Crippen LogP contribution in [0.1, 0.15) is 25.3 Å². The highest BCUT2D eigenvalue weighted by Crippen LogP contribution is 2.33. The minimum absolute atomic E-state index is 0.403. The molecule has 4 nitrogen and oxygen atoms in total. The molecule has 0 atom stereocenters. The van der Waals surface area contributed by atoms with Gasteiger partial charge < -0.3 is 9.73 Å². The topological polar surface area (TPSA) is 51.0 Å². The van der Waals surface area contributed by atoms with E-state index >= 15 is 0 Å².